The molecule has 0 saturated heterocycles. The van der Waals surface area contributed by atoms with Gasteiger partial charge in [-0.15, -0.1) is 0 Å². The molecule has 0 unspecified atom stereocenters. The third-order valence-electron chi connectivity index (χ3n) is 2.43. The second kappa shape index (κ2) is 5.30. The lowest BCUT2D eigenvalue weighted by atomic mass is 10.3. The molecule has 2 aromatic heterocycles. The van der Waals surface area contributed by atoms with Gasteiger partial charge in [0.05, 0.1) is 12.4 Å². The largest absolute Gasteiger partial charge is 0.341 e. The summed E-state index contributed by atoms with van der Waals surface area (Å²) in [6.45, 7) is 4.05. The zero-order valence-electron chi connectivity index (χ0n) is 10.1. The topological polar surface area (TPSA) is 59.8 Å². The molecule has 0 saturated carbocycles. The van der Waals surface area contributed by atoms with Gasteiger partial charge in [0, 0.05) is 12.2 Å². The fourth-order valence-electron chi connectivity index (χ4n) is 1.59. The van der Waals surface area contributed by atoms with Crippen molar-refractivity contribution in [2.45, 2.75) is 19.9 Å². The monoisotopic (exact) mass is 308 g/mol. The van der Waals surface area contributed by atoms with Gasteiger partial charge in [0.1, 0.15) is 10.3 Å². The van der Waals surface area contributed by atoms with Gasteiger partial charge in [0.25, 0.3) is 5.91 Å². The van der Waals surface area contributed by atoms with Crippen molar-refractivity contribution >= 4 is 27.7 Å². The normalized spacial score (nSPS) is 10.7. The molecule has 0 fully saturated rings. The lowest BCUT2D eigenvalue weighted by Crippen LogP contribution is -2.18. The van der Waals surface area contributed by atoms with E-state index in [0.29, 0.717) is 16.1 Å². The van der Waals surface area contributed by atoms with E-state index in [2.05, 4.69) is 31.2 Å². The summed E-state index contributed by atoms with van der Waals surface area (Å²) >= 11 is 3.19. The van der Waals surface area contributed by atoms with Crippen LogP contribution in [0.4, 0.5) is 5.82 Å². The smallest absolute Gasteiger partial charge is 0.273 e. The maximum absolute atomic E-state index is 12.1. The van der Waals surface area contributed by atoms with Gasteiger partial charge in [-0.3, -0.25) is 4.79 Å². The summed E-state index contributed by atoms with van der Waals surface area (Å²) in [6.07, 6.45) is 4.93. The number of aromatic nitrogens is 3. The number of carbonyl (C=O) groups is 1. The van der Waals surface area contributed by atoms with Crippen molar-refractivity contribution in [2.24, 2.45) is 0 Å². The van der Waals surface area contributed by atoms with Crippen LogP contribution in [-0.4, -0.2) is 20.4 Å². The molecule has 18 heavy (non-hydrogen) atoms. The highest BCUT2D eigenvalue weighted by molar-refractivity contribution is 9.10. The van der Waals surface area contributed by atoms with E-state index in [1.165, 1.54) is 12.4 Å². The van der Waals surface area contributed by atoms with Crippen LogP contribution in [0.25, 0.3) is 0 Å². The first kappa shape index (κ1) is 12.8. The van der Waals surface area contributed by atoms with E-state index in [-0.39, 0.29) is 11.9 Å². The number of nitrogens with zero attached hydrogens (tertiary/aromatic N) is 3. The number of hydrogen-bond acceptors (Lipinski definition) is 3. The van der Waals surface area contributed by atoms with Crippen molar-refractivity contribution < 1.29 is 4.79 Å². The molecule has 0 atom stereocenters. The Bertz CT molecular complexity index is 547. The molecule has 6 heteroatoms. The quantitative estimate of drug-likeness (QED) is 0.948. The van der Waals surface area contributed by atoms with Crippen LogP contribution in [0.2, 0.25) is 0 Å². The summed E-state index contributed by atoms with van der Waals surface area (Å²) in [6, 6.07) is 3.86. The van der Waals surface area contributed by atoms with E-state index in [4.69, 9.17) is 0 Å². The number of rotatable bonds is 3. The van der Waals surface area contributed by atoms with Gasteiger partial charge in [-0.1, -0.05) is 0 Å². The minimum atomic E-state index is -0.190. The summed E-state index contributed by atoms with van der Waals surface area (Å²) in [7, 11) is 0. The van der Waals surface area contributed by atoms with Gasteiger partial charge in [0.15, 0.2) is 5.82 Å². The Labute approximate surface area is 113 Å². The van der Waals surface area contributed by atoms with E-state index < -0.39 is 0 Å². The Morgan fingerprint density at radius 2 is 2.17 bits per heavy atom. The minimum absolute atomic E-state index is 0.190. The van der Waals surface area contributed by atoms with Gasteiger partial charge < -0.3 is 9.88 Å². The second-order valence-electron chi connectivity index (χ2n) is 4.07. The lowest BCUT2D eigenvalue weighted by molar-refractivity contribution is 0.101. The Balaban J connectivity index is 2.17. The zero-order valence-corrected chi connectivity index (χ0v) is 11.7. The summed E-state index contributed by atoms with van der Waals surface area (Å²) in [5.74, 6) is 0.241. The van der Waals surface area contributed by atoms with Crippen molar-refractivity contribution in [1.82, 2.24) is 14.5 Å². The molecule has 0 aliphatic rings. The molecule has 2 heterocycles. The molecule has 2 aromatic rings. The van der Waals surface area contributed by atoms with Crippen LogP contribution in [0.15, 0.2) is 35.3 Å². The fraction of sp³-hybridized carbons (Fsp3) is 0.250. The van der Waals surface area contributed by atoms with Crippen molar-refractivity contribution in [2.75, 3.05) is 5.32 Å². The highest BCUT2D eigenvalue weighted by atomic mass is 79.9. The maximum atomic E-state index is 12.1. The van der Waals surface area contributed by atoms with Gasteiger partial charge in [0.2, 0.25) is 0 Å². The number of halogens is 1. The average molecular weight is 309 g/mol. The minimum Gasteiger partial charge on any atom is -0.341 e. The zero-order chi connectivity index (χ0) is 13.1. The van der Waals surface area contributed by atoms with E-state index >= 15 is 0 Å². The highest BCUT2D eigenvalue weighted by Crippen LogP contribution is 2.13. The maximum Gasteiger partial charge on any atom is 0.273 e. The fourth-order valence-corrected chi connectivity index (χ4v) is 1.80. The average Bonchev–Trinajstić information content (AvgIpc) is 2.81. The first-order valence-corrected chi connectivity index (χ1v) is 6.33. The number of amides is 1. The van der Waals surface area contributed by atoms with Gasteiger partial charge in [-0.25, -0.2) is 9.97 Å². The molecule has 0 radical (unpaired) electrons. The third-order valence-corrected chi connectivity index (χ3v) is 2.84. The van der Waals surface area contributed by atoms with Crippen molar-refractivity contribution in [3.63, 3.8) is 0 Å². The summed E-state index contributed by atoms with van der Waals surface area (Å²) in [5, 5.41) is 2.71. The Morgan fingerprint density at radius 3 is 2.78 bits per heavy atom. The molecule has 0 aromatic carbocycles. The molecule has 2 rings (SSSR count). The molecule has 0 aliphatic heterocycles. The van der Waals surface area contributed by atoms with Gasteiger partial charge in [-0.05, 0) is 41.9 Å². The van der Waals surface area contributed by atoms with Crippen LogP contribution in [0, 0.1) is 0 Å². The predicted molar refractivity (Wildman–Crippen MR) is 72.5 cm³/mol. The van der Waals surface area contributed by atoms with Crippen LogP contribution < -0.4 is 5.32 Å². The Hall–Kier alpha value is -1.69. The van der Waals surface area contributed by atoms with Crippen LogP contribution in [0.5, 0.6) is 0 Å². The van der Waals surface area contributed by atoms with E-state index in [1.54, 1.807) is 6.07 Å². The van der Waals surface area contributed by atoms with Crippen LogP contribution in [0.3, 0.4) is 0 Å². The highest BCUT2D eigenvalue weighted by Gasteiger charge is 2.13. The first-order chi connectivity index (χ1) is 8.58. The van der Waals surface area contributed by atoms with Crippen LogP contribution in [0.1, 0.15) is 30.4 Å². The van der Waals surface area contributed by atoms with Crippen molar-refractivity contribution in [1.29, 1.82) is 0 Å². The molecular formula is C12H13BrN4O. The molecule has 1 amide bonds. The predicted octanol–water partition coefficient (Wildman–Crippen LogP) is 2.87. The molecule has 5 nitrogen and oxygen atoms in total. The van der Waals surface area contributed by atoms with Crippen molar-refractivity contribution in [3.05, 3.63) is 41.0 Å². The summed E-state index contributed by atoms with van der Waals surface area (Å²) in [5.41, 5.74) is 0.606. The van der Waals surface area contributed by atoms with Gasteiger partial charge in [-0.2, -0.15) is 0 Å². The Kier molecular flexibility index (Phi) is 3.76. The molecular weight excluding hydrogens is 296 g/mol. The van der Waals surface area contributed by atoms with E-state index in [0.717, 1.165) is 0 Å². The summed E-state index contributed by atoms with van der Waals surface area (Å²) < 4.78 is 2.53. The molecule has 1 N–H and O–H groups in total. The van der Waals surface area contributed by atoms with Gasteiger partial charge >= 0.3 is 0 Å². The standard InChI is InChI=1S/C12H13BrN4O/c1-8(2)17-5-3-4-9(17)12(18)16-11-7-14-10(13)6-15-11/h3-8H,1-2H3,(H,15,16,18). The summed E-state index contributed by atoms with van der Waals surface area (Å²) in [4.78, 5) is 20.1. The number of anilines is 1. The number of hydrogen-bond donors (Lipinski definition) is 1. The third kappa shape index (κ3) is 2.76. The molecule has 0 bridgehead atoms. The van der Waals surface area contributed by atoms with Crippen LogP contribution >= 0.6 is 15.9 Å². The van der Waals surface area contributed by atoms with Crippen molar-refractivity contribution in [3.8, 4) is 0 Å². The van der Waals surface area contributed by atoms with E-state index in [1.807, 2.05) is 30.7 Å². The molecule has 0 spiro atoms. The van der Waals surface area contributed by atoms with Crippen LogP contribution in [-0.2, 0) is 0 Å². The molecule has 94 valence electrons. The van der Waals surface area contributed by atoms with E-state index in [9.17, 15) is 4.79 Å². The molecule has 0 aliphatic carbocycles. The Morgan fingerprint density at radius 1 is 1.39 bits per heavy atom. The first-order valence-electron chi connectivity index (χ1n) is 5.53. The number of nitrogens with one attached hydrogen (secondary N) is 1. The SMILES string of the molecule is CC(C)n1cccc1C(=O)Nc1cnc(Br)cn1. The second-order valence-corrected chi connectivity index (χ2v) is 4.89. The number of carbonyl (C=O) groups excluding carboxylic acids is 1. The lowest BCUT2D eigenvalue weighted by Gasteiger charge is -2.12.